The van der Waals surface area contributed by atoms with Gasteiger partial charge in [-0.15, -0.1) is 0 Å². The number of thioether (sulfide) groups is 1. The topological polar surface area (TPSA) is 72.2 Å². The lowest BCUT2D eigenvalue weighted by Crippen LogP contribution is -2.19. The van der Waals surface area contributed by atoms with Crippen LogP contribution in [-0.2, 0) is 4.79 Å². The first-order valence-corrected chi connectivity index (χ1v) is 8.80. The van der Waals surface area contributed by atoms with Crippen molar-refractivity contribution in [3.63, 3.8) is 0 Å². The molecule has 0 atom stereocenters. The summed E-state index contributed by atoms with van der Waals surface area (Å²) in [5, 5.41) is 7.49. The third kappa shape index (κ3) is 3.57. The molecule has 1 aromatic heterocycles. The Morgan fingerprint density at radius 1 is 1.19 bits per heavy atom. The van der Waals surface area contributed by atoms with Gasteiger partial charge >= 0.3 is 0 Å². The molecule has 1 aliphatic heterocycles. The number of nitrogens with zero attached hydrogens (tertiary/aromatic N) is 4. The molecule has 2 aromatic carbocycles. The van der Waals surface area contributed by atoms with Crippen molar-refractivity contribution in [1.29, 1.82) is 0 Å². The Morgan fingerprint density at radius 2 is 2.04 bits per heavy atom. The van der Waals surface area contributed by atoms with Crippen LogP contribution in [0.1, 0.15) is 11.1 Å². The van der Waals surface area contributed by atoms with Crippen molar-refractivity contribution in [3.8, 4) is 5.69 Å². The standard InChI is InChI=1S/C19H15N5OS/c1-13-3-2-4-15(9-13)22-19-23-18(25)17(26-19)10-14-5-7-16(8-6-14)24-12-20-11-21-24/h2-12H,1H3,(H,22,23,25)/b17-10-. The molecule has 1 aliphatic rings. The van der Waals surface area contributed by atoms with Gasteiger partial charge in [-0.1, -0.05) is 24.3 Å². The molecule has 1 amide bonds. The summed E-state index contributed by atoms with van der Waals surface area (Å²) in [6.07, 6.45) is 4.98. The second kappa shape index (κ2) is 6.97. The van der Waals surface area contributed by atoms with E-state index in [0.29, 0.717) is 10.1 Å². The minimum Gasteiger partial charge on any atom is -0.300 e. The number of carbonyl (C=O) groups excluding carboxylic acids is 1. The number of aromatic nitrogens is 3. The van der Waals surface area contributed by atoms with E-state index in [2.05, 4.69) is 20.4 Å². The van der Waals surface area contributed by atoms with E-state index in [9.17, 15) is 4.79 Å². The highest BCUT2D eigenvalue weighted by Gasteiger charge is 2.23. The van der Waals surface area contributed by atoms with Gasteiger partial charge in [0.15, 0.2) is 5.17 Å². The fraction of sp³-hybridized carbons (Fsp3) is 0.0526. The van der Waals surface area contributed by atoms with Gasteiger partial charge in [-0.05, 0) is 60.2 Å². The Kier molecular flexibility index (Phi) is 4.37. The van der Waals surface area contributed by atoms with Crippen molar-refractivity contribution in [3.05, 3.63) is 77.2 Å². The zero-order valence-corrected chi connectivity index (χ0v) is 14.8. The number of aliphatic imine (C=N–C) groups is 1. The lowest BCUT2D eigenvalue weighted by Gasteiger charge is -2.01. The summed E-state index contributed by atoms with van der Waals surface area (Å²) in [5.41, 5.74) is 3.80. The van der Waals surface area contributed by atoms with Gasteiger partial charge in [0, 0.05) is 0 Å². The van der Waals surface area contributed by atoms with Gasteiger partial charge in [-0.2, -0.15) is 5.10 Å². The minimum absolute atomic E-state index is 0.137. The van der Waals surface area contributed by atoms with Crippen LogP contribution < -0.4 is 5.32 Å². The highest BCUT2D eigenvalue weighted by atomic mass is 32.2. The summed E-state index contributed by atoms with van der Waals surface area (Å²) < 4.78 is 1.68. The number of hydrogen-bond acceptors (Lipinski definition) is 5. The molecule has 1 saturated heterocycles. The van der Waals surface area contributed by atoms with Gasteiger partial charge in [0.05, 0.1) is 16.3 Å². The van der Waals surface area contributed by atoms with E-state index in [0.717, 1.165) is 22.5 Å². The highest BCUT2D eigenvalue weighted by molar-refractivity contribution is 8.18. The molecule has 0 radical (unpaired) electrons. The quantitative estimate of drug-likeness (QED) is 0.725. The van der Waals surface area contributed by atoms with Gasteiger partial charge < -0.3 is 5.32 Å². The maximum atomic E-state index is 12.2. The molecule has 6 nitrogen and oxygen atoms in total. The molecule has 0 aliphatic carbocycles. The molecule has 7 heteroatoms. The fourth-order valence-corrected chi connectivity index (χ4v) is 3.35. The molecule has 1 fully saturated rings. The average molecular weight is 361 g/mol. The summed E-state index contributed by atoms with van der Waals surface area (Å²) in [7, 11) is 0. The number of hydrogen-bond donors (Lipinski definition) is 1. The summed E-state index contributed by atoms with van der Waals surface area (Å²) >= 11 is 1.34. The summed E-state index contributed by atoms with van der Waals surface area (Å²) in [6.45, 7) is 2.01. The van der Waals surface area contributed by atoms with Gasteiger partial charge in [0.1, 0.15) is 12.7 Å². The predicted molar refractivity (Wildman–Crippen MR) is 103 cm³/mol. The minimum atomic E-state index is -0.137. The number of nitrogens with one attached hydrogen (secondary N) is 1. The van der Waals surface area contributed by atoms with E-state index in [1.165, 1.54) is 18.1 Å². The molecule has 3 aromatic rings. The summed E-state index contributed by atoms with van der Waals surface area (Å²) in [4.78, 5) is 21.2. The second-order valence-electron chi connectivity index (χ2n) is 5.75. The first-order chi connectivity index (χ1) is 12.7. The number of rotatable bonds is 3. The van der Waals surface area contributed by atoms with Crippen LogP contribution in [0.25, 0.3) is 11.8 Å². The van der Waals surface area contributed by atoms with Gasteiger partial charge in [0.2, 0.25) is 0 Å². The molecule has 1 N–H and O–H groups in total. The third-order valence-electron chi connectivity index (χ3n) is 3.76. The van der Waals surface area contributed by atoms with Crippen LogP contribution in [0.15, 0.2) is 71.1 Å². The number of carbonyl (C=O) groups is 1. The van der Waals surface area contributed by atoms with Crippen molar-refractivity contribution < 1.29 is 4.79 Å². The molecular weight excluding hydrogens is 346 g/mol. The monoisotopic (exact) mass is 361 g/mol. The molecular formula is C19H15N5OS. The highest BCUT2D eigenvalue weighted by Crippen LogP contribution is 2.28. The normalized spacial score (nSPS) is 17.0. The van der Waals surface area contributed by atoms with Gasteiger partial charge in [0.25, 0.3) is 5.91 Å². The van der Waals surface area contributed by atoms with Crippen LogP contribution in [0.5, 0.6) is 0 Å². The Balaban J connectivity index is 1.53. The Labute approximate surface area is 154 Å². The van der Waals surface area contributed by atoms with E-state index < -0.39 is 0 Å². The van der Waals surface area contributed by atoms with Crippen LogP contribution in [0.4, 0.5) is 5.69 Å². The number of benzene rings is 2. The Hall–Kier alpha value is -3.19. The summed E-state index contributed by atoms with van der Waals surface area (Å²) in [5.74, 6) is -0.137. The van der Waals surface area contributed by atoms with E-state index >= 15 is 0 Å². The molecule has 4 rings (SSSR count). The molecule has 26 heavy (non-hydrogen) atoms. The Bertz CT molecular complexity index is 1010. The van der Waals surface area contributed by atoms with E-state index in [-0.39, 0.29) is 5.91 Å². The zero-order valence-electron chi connectivity index (χ0n) is 14.0. The molecule has 0 unspecified atom stereocenters. The largest absolute Gasteiger partial charge is 0.300 e. The lowest BCUT2D eigenvalue weighted by molar-refractivity contribution is -0.115. The van der Waals surface area contributed by atoms with Crippen molar-refractivity contribution >= 4 is 34.6 Å². The molecule has 0 bridgehead atoms. The molecule has 2 heterocycles. The number of amidine groups is 1. The van der Waals surface area contributed by atoms with Crippen molar-refractivity contribution in [2.75, 3.05) is 0 Å². The third-order valence-corrected chi connectivity index (χ3v) is 4.67. The zero-order chi connectivity index (χ0) is 17.9. The lowest BCUT2D eigenvalue weighted by atomic mass is 10.2. The first kappa shape index (κ1) is 16.3. The van der Waals surface area contributed by atoms with Gasteiger partial charge in [-0.3, -0.25) is 4.79 Å². The fourth-order valence-electron chi connectivity index (χ4n) is 2.51. The Morgan fingerprint density at radius 3 is 2.77 bits per heavy atom. The van der Waals surface area contributed by atoms with Crippen LogP contribution in [0.2, 0.25) is 0 Å². The van der Waals surface area contributed by atoms with Crippen LogP contribution in [-0.4, -0.2) is 25.8 Å². The molecule has 128 valence electrons. The average Bonchev–Trinajstić information content (AvgIpc) is 3.26. The van der Waals surface area contributed by atoms with Crippen molar-refractivity contribution in [2.45, 2.75) is 6.92 Å². The maximum Gasteiger partial charge on any atom is 0.264 e. The van der Waals surface area contributed by atoms with E-state index in [1.807, 2.05) is 61.5 Å². The predicted octanol–water partition coefficient (Wildman–Crippen LogP) is 3.47. The van der Waals surface area contributed by atoms with Crippen molar-refractivity contribution in [2.24, 2.45) is 4.99 Å². The first-order valence-electron chi connectivity index (χ1n) is 7.99. The molecule has 0 spiro atoms. The van der Waals surface area contributed by atoms with Crippen LogP contribution in [0, 0.1) is 6.92 Å². The van der Waals surface area contributed by atoms with E-state index in [1.54, 1.807) is 11.0 Å². The summed E-state index contributed by atoms with van der Waals surface area (Å²) in [6, 6.07) is 15.6. The van der Waals surface area contributed by atoms with Crippen LogP contribution in [0.3, 0.4) is 0 Å². The molecule has 0 saturated carbocycles. The SMILES string of the molecule is Cc1cccc(N=C2NC(=O)/C(=C/c3ccc(-n4cncn4)cc3)S2)c1. The van der Waals surface area contributed by atoms with Gasteiger partial charge in [-0.25, -0.2) is 14.7 Å². The van der Waals surface area contributed by atoms with Crippen molar-refractivity contribution in [1.82, 2.24) is 20.1 Å². The van der Waals surface area contributed by atoms with Crippen LogP contribution >= 0.6 is 11.8 Å². The van der Waals surface area contributed by atoms with E-state index in [4.69, 9.17) is 0 Å². The second-order valence-corrected chi connectivity index (χ2v) is 6.78. The maximum absolute atomic E-state index is 12.2. The number of amides is 1. The number of aryl methyl sites for hydroxylation is 1. The smallest absolute Gasteiger partial charge is 0.264 e.